The lowest BCUT2D eigenvalue weighted by Gasteiger charge is -2.00. The highest BCUT2D eigenvalue weighted by Gasteiger charge is 2.05. The van der Waals surface area contributed by atoms with Gasteiger partial charge < -0.3 is 33.9 Å². The number of aromatic nitrogens is 1. The zero-order valence-corrected chi connectivity index (χ0v) is 10.4. The van der Waals surface area contributed by atoms with E-state index < -0.39 is 0 Å². The van der Waals surface area contributed by atoms with Crippen LogP contribution in [0.3, 0.4) is 0 Å². The van der Waals surface area contributed by atoms with Gasteiger partial charge in [0.2, 0.25) is 5.69 Å². The lowest BCUT2D eigenvalue weighted by atomic mass is 10.3. The molecule has 5 heteroatoms. The summed E-state index contributed by atoms with van der Waals surface area (Å²) in [4.78, 5) is 0. The predicted molar refractivity (Wildman–Crippen MR) is 51.3 cm³/mol. The number of pyridine rings is 1. The molecule has 1 aromatic heterocycles. The van der Waals surface area contributed by atoms with Crippen LogP contribution >= 0.6 is 0 Å². The van der Waals surface area contributed by atoms with Crippen LogP contribution in [0, 0.1) is 12.3 Å². The Morgan fingerprint density at radius 1 is 1.73 bits per heavy atom. The molecule has 15 heavy (non-hydrogen) atoms. The number of hydrogen-bond acceptors (Lipinski definition) is 3. The summed E-state index contributed by atoms with van der Waals surface area (Å²) in [6.45, 7) is 0.226. The molecule has 0 aliphatic carbocycles. The largest absolute Gasteiger partial charge is 1.00 e. The van der Waals surface area contributed by atoms with Crippen molar-refractivity contribution in [1.29, 1.82) is 0 Å². The third kappa shape index (κ3) is 4.16. The van der Waals surface area contributed by atoms with E-state index in [1.807, 2.05) is 7.05 Å². The van der Waals surface area contributed by atoms with E-state index in [2.05, 4.69) is 11.1 Å². The maximum absolute atomic E-state index is 8.39. The summed E-state index contributed by atoms with van der Waals surface area (Å²) < 4.78 is 7.00. The van der Waals surface area contributed by atoms with Crippen molar-refractivity contribution in [3.05, 3.63) is 24.0 Å². The number of ether oxygens (including phenoxy) is 1. The molecular weight excluding hydrogens is 307 g/mol. The van der Waals surface area contributed by atoms with Crippen molar-refractivity contribution < 1.29 is 38.5 Å². The molecule has 0 amide bonds. The average molecular weight is 318 g/mol. The molecule has 0 aliphatic rings. The zero-order valence-electron chi connectivity index (χ0n) is 8.22. The second-order valence-corrected chi connectivity index (χ2v) is 2.64. The number of oxime groups is 1. The highest BCUT2D eigenvalue weighted by molar-refractivity contribution is 5.74. The van der Waals surface area contributed by atoms with Crippen LogP contribution in [0.15, 0.2) is 23.5 Å². The fourth-order valence-corrected chi connectivity index (χ4v) is 0.969. The summed E-state index contributed by atoms with van der Waals surface area (Å²) in [5, 5.41) is 11.3. The van der Waals surface area contributed by atoms with Gasteiger partial charge in [0.1, 0.15) is 25.6 Å². The number of halogens is 1. The minimum Gasteiger partial charge on any atom is -1.00 e. The van der Waals surface area contributed by atoms with Crippen LogP contribution in [0.5, 0.6) is 5.75 Å². The Balaban J connectivity index is 0.00000196. The molecule has 0 aliphatic heterocycles. The average Bonchev–Trinajstić information content (AvgIpc) is 2.19. The molecule has 1 N–H and O–H groups in total. The normalized spacial score (nSPS) is 9.33. The number of terminal acetylenes is 1. The summed E-state index contributed by atoms with van der Waals surface area (Å²) in [6.07, 6.45) is 8.17. The van der Waals surface area contributed by atoms with Gasteiger partial charge in [0.05, 0.1) is 6.07 Å². The van der Waals surface area contributed by atoms with Gasteiger partial charge in [-0.05, 0) is 0 Å². The van der Waals surface area contributed by atoms with E-state index in [0.29, 0.717) is 5.75 Å². The molecule has 1 aromatic rings. The van der Waals surface area contributed by atoms with Crippen LogP contribution in [-0.2, 0) is 7.05 Å². The van der Waals surface area contributed by atoms with Crippen LogP contribution in [0.1, 0.15) is 5.69 Å². The molecule has 0 unspecified atom stereocenters. The van der Waals surface area contributed by atoms with E-state index in [9.17, 15) is 0 Å². The first-order valence-corrected chi connectivity index (χ1v) is 4.01. The van der Waals surface area contributed by atoms with Gasteiger partial charge in [-0.2, -0.15) is 4.57 Å². The van der Waals surface area contributed by atoms with E-state index in [-0.39, 0.29) is 30.6 Å². The van der Waals surface area contributed by atoms with Gasteiger partial charge in [-0.1, -0.05) is 11.1 Å². The number of rotatable bonds is 3. The molecule has 0 radical (unpaired) electrons. The Hall–Kier alpha value is -1.29. The van der Waals surface area contributed by atoms with E-state index in [4.69, 9.17) is 16.4 Å². The Kier molecular flexibility index (Phi) is 6.45. The summed E-state index contributed by atoms with van der Waals surface area (Å²) in [5.74, 6) is 3.02. The summed E-state index contributed by atoms with van der Waals surface area (Å²) in [5.41, 5.74) is 0.724. The fourth-order valence-electron chi connectivity index (χ4n) is 0.969. The molecule has 0 saturated carbocycles. The van der Waals surface area contributed by atoms with E-state index in [1.54, 1.807) is 22.9 Å². The van der Waals surface area contributed by atoms with Crippen LogP contribution in [0.25, 0.3) is 0 Å². The lowest BCUT2D eigenvalue weighted by molar-refractivity contribution is -0.672. The van der Waals surface area contributed by atoms with Crippen molar-refractivity contribution in [1.82, 2.24) is 0 Å². The molecule has 0 spiro atoms. The number of aryl methyl sites for hydroxylation is 1. The molecule has 1 rings (SSSR count). The van der Waals surface area contributed by atoms with Gasteiger partial charge in [0, 0.05) is 6.07 Å². The van der Waals surface area contributed by atoms with Gasteiger partial charge in [0.15, 0.2) is 6.20 Å². The zero-order chi connectivity index (χ0) is 10.4. The SMILES string of the molecule is C#CCOc1cc[n+](C)c(C=NO)c1.[I-]. The lowest BCUT2D eigenvalue weighted by Crippen LogP contribution is -3.00. The predicted octanol–water partition coefficient (Wildman–Crippen LogP) is -2.66. The van der Waals surface area contributed by atoms with Gasteiger partial charge >= 0.3 is 0 Å². The quantitative estimate of drug-likeness (QED) is 0.165. The molecule has 4 nitrogen and oxygen atoms in total. The topological polar surface area (TPSA) is 45.7 Å². The van der Waals surface area contributed by atoms with Crippen molar-refractivity contribution in [2.75, 3.05) is 6.61 Å². The number of nitrogens with zero attached hydrogens (tertiary/aromatic N) is 2. The summed E-state index contributed by atoms with van der Waals surface area (Å²) in [6, 6.07) is 3.52. The van der Waals surface area contributed by atoms with Crippen molar-refractivity contribution in [2.24, 2.45) is 12.2 Å². The first-order chi connectivity index (χ1) is 6.77. The molecule has 0 saturated heterocycles. The molecule has 1 heterocycles. The van der Waals surface area contributed by atoms with E-state index in [1.165, 1.54) is 6.21 Å². The van der Waals surface area contributed by atoms with Crippen molar-refractivity contribution in [3.63, 3.8) is 0 Å². The molecule has 0 atom stereocenters. The molecule has 0 bridgehead atoms. The van der Waals surface area contributed by atoms with Crippen molar-refractivity contribution in [3.8, 4) is 18.1 Å². The van der Waals surface area contributed by atoms with Crippen molar-refractivity contribution in [2.45, 2.75) is 0 Å². The minimum absolute atomic E-state index is 0. The standard InChI is InChI=1S/C10H10N2O2.HI/c1-3-6-14-10-4-5-12(2)9(7-10)8-11-13;/h1,4-5,7-8H,6H2,2H3;1H. The Labute approximate surface area is 106 Å². The molecular formula is C10H11IN2O2. The third-order valence-corrected chi connectivity index (χ3v) is 1.67. The fraction of sp³-hybridized carbons (Fsp3) is 0.200. The second kappa shape index (κ2) is 7.06. The van der Waals surface area contributed by atoms with E-state index in [0.717, 1.165) is 5.69 Å². The smallest absolute Gasteiger partial charge is 0.230 e. The van der Waals surface area contributed by atoms with Crippen molar-refractivity contribution >= 4 is 6.21 Å². The molecule has 80 valence electrons. The van der Waals surface area contributed by atoms with Crippen LogP contribution in [-0.4, -0.2) is 18.0 Å². The van der Waals surface area contributed by atoms with E-state index >= 15 is 0 Å². The van der Waals surface area contributed by atoms with Crippen LogP contribution in [0.4, 0.5) is 0 Å². The van der Waals surface area contributed by atoms with Gasteiger partial charge in [-0.3, -0.25) is 0 Å². The van der Waals surface area contributed by atoms with Gasteiger partial charge in [-0.25, -0.2) is 0 Å². The Morgan fingerprint density at radius 2 is 2.47 bits per heavy atom. The van der Waals surface area contributed by atoms with Crippen LogP contribution < -0.4 is 33.3 Å². The number of hydrogen-bond donors (Lipinski definition) is 1. The maximum Gasteiger partial charge on any atom is 0.230 e. The first-order valence-electron chi connectivity index (χ1n) is 4.01. The monoisotopic (exact) mass is 318 g/mol. The Morgan fingerprint density at radius 3 is 3.07 bits per heavy atom. The highest BCUT2D eigenvalue weighted by atomic mass is 127. The third-order valence-electron chi connectivity index (χ3n) is 1.67. The summed E-state index contributed by atoms with van der Waals surface area (Å²) >= 11 is 0. The maximum atomic E-state index is 8.39. The highest BCUT2D eigenvalue weighted by Crippen LogP contribution is 2.08. The molecule has 0 aromatic carbocycles. The Bertz CT molecular complexity index is 385. The second-order valence-electron chi connectivity index (χ2n) is 2.64. The van der Waals surface area contributed by atoms with Gasteiger partial charge in [0.25, 0.3) is 0 Å². The minimum atomic E-state index is 0. The summed E-state index contributed by atoms with van der Waals surface area (Å²) in [7, 11) is 1.84. The first kappa shape index (κ1) is 13.7. The molecule has 0 fully saturated rings. The van der Waals surface area contributed by atoms with Crippen LogP contribution in [0.2, 0.25) is 0 Å². The van der Waals surface area contributed by atoms with Gasteiger partial charge in [-0.15, -0.1) is 6.42 Å².